The predicted octanol–water partition coefficient (Wildman–Crippen LogP) is 1.22. The Labute approximate surface area is 92.6 Å². The molecular formula is C11H12O5. The lowest BCUT2D eigenvalue weighted by Crippen LogP contribution is -2.07. The predicted molar refractivity (Wildman–Crippen MR) is 56.2 cm³/mol. The van der Waals surface area contributed by atoms with E-state index < -0.39 is 5.97 Å². The normalized spacial score (nSPS) is 9.81. The van der Waals surface area contributed by atoms with Crippen LogP contribution >= 0.6 is 0 Å². The minimum atomic E-state index is -1.06. The van der Waals surface area contributed by atoms with Crippen molar-refractivity contribution in [3.8, 4) is 5.75 Å². The first-order valence-corrected chi connectivity index (χ1v) is 4.63. The lowest BCUT2D eigenvalue weighted by Gasteiger charge is -2.08. The Bertz CT molecular complexity index is 386. The van der Waals surface area contributed by atoms with Gasteiger partial charge in [0.2, 0.25) is 0 Å². The highest BCUT2D eigenvalue weighted by atomic mass is 16.5. The van der Waals surface area contributed by atoms with E-state index >= 15 is 0 Å². The summed E-state index contributed by atoms with van der Waals surface area (Å²) in [5, 5.41) is 8.78. The Hall–Kier alpha value is -1.88. The number of carbonyl (C=O) groups is 2. The minimum absolute atomic E-state index is 0.0815. The van der Waals surface area contributed by atoms with E-state index in [0.717, 1.165) is 0 Å². The fourth-order valence-corrected chi connectivity index (χ4v) is 1.12. The first-order valence-electron chi connectivity index (χ1n) is 4.63. The number of carbonyl (C=O) groups excluding carboxylic acids is 1. The van der Waals surface area contributed by atoms with Crippen LogP contribution in [0.25, 0.3) is 0 Å². The molecule has 16 heavy (non-hydrogen) atoms. The van der Waals surface area contributed by atoms with Crippen molar-refractivity contribution < 1.29 is 24.2 Å². The number of ether oxygens (including phenoxy) is 2. The zero-order valence-corrected chi connectivity index (χ0v) is 8.80. The lowest BCUT2D eigenvalue weighted by atomic mass is 10.1. The standard InChI is InChI=1S/C11H12O5/c1-15-4-5-16-10-6-8(11(13)14)2-3-9(10)7-12/h2-3,6-7H,4-5H2,1H3,(H,13,14). The van der Waals surface area contributed by atoms with Gasteiger partial charge in [0.1, 0.15) is 12.4 Å². The molecule has 0 atom stereocenters. The molecule has 5 nitrogen and oxygen atoms in total. The van der Waals surface area contributed by atoms with Gasteiger partial charge in [-0.15, -0.1) is 0 Å². The molecule has 0 aliphatic rings. The zero-order valence-electron chi connectivity index (χ0n) is 8.80. The quantitative estimate of drug-likeness (QED) is 0.581. The van der Waals surface area contributed by atoms with E-state index in [9.17, 15) is 9.59 Å². The van der Waals surface area contributed by atoms with Gasteiger partial charge in [-0.25, -0.2) is 4.79 Å². The van der Waals surface area contributed by atoms with E-state index in [-0.39, 0.29) is 17.9 Å². The Morgan fingerprint density at radius 1 is 1.44 bits per heavy atom. The van der Waals surface area contributed by atoms with Crippen LogP contribution in [0, 0.1) is 0 Å². The fourth-order valence-electron chi connectivity index (χ4n) is 1.12. The molecule has 0 aromatic heterocycles. The highest BCUT2D eigenvalue weighted by Crippen LogP contribution is 2.19. The molecule has 0 amide bonds. The number of benzene rings is 1. The SMILES string of the molecule is COCCOc1cc(C(=O)O)ccc1C=O. The van der Waals surface area contributed by atoms with E-state index in [4.69, 9.17) is 14.6 Å². The number of hydrogen-bond acceptors (Lipinski definition) is 4. The van der Waals surface area contributed by atoms with Crippen LogP contribution in [0.5, 0.6) is 5.75 Å². The maximum absolute atomic E-state index is 10.7. The Balaban J connectivity index is 2.88. The first kappa shape index (κ1) is 12.2. The molecular weight excluding hydrogens is 212 g/mol. The third kappa shape index (κ3) is 3.06. The van der Waals surface area contributed by atoms with Gasteiger partial charge in [0.15, 0.2) is 6.29 Å². The van der Waals surface area contributed by atoms with Crippen molar-refractivity contribution in [1.82, 2.24) is 0 Å². The summed E-state index contributed by atoms with van der Waals surface area (Å²) in [6.07, 6.45) is 0.619. The van der Waals surface area contributed by atoms with Crippen molar-refractivity contribution in [2.75, 3.05) is 20.3 Å². The van der Waals surface area contributed by atoms with E-state index in [1.54, 1.807) is 0 Å². The molecule has 86 valence electrons. The Kier molecular flexibility index (Phi) is 4.47. The van der Waals surface area contributed by atoms with E-state index in [1.165, 1.54) is 25.3 Å². The van der Waals surface area contributed by atoms with E-state index in [0.29, 0.717) is 18.5 Å². The van der Waals surface area contributed by atoms with Crippen LogP contribution in [-0.2, 0) is 4.74 Å². The molecule has 0 heterocycles. The summed E-state index contributed by atoms with van der Waals surface area (Å²) in [4.78, 5) is 21.4. The Morgan fingerprint density at radius 3 is 2.75 bits per heavy atom. The number of aromatic carboxylic acids is 1. The number of hydrogen-bond donors (Lipinski definition) is 1. The van der Waals surface area contributed by atoms with Gasteiger partial charge in [-0.3, -0.25) is 4.79 Å². The highest BCUT2D eigenvalue weighted by molar-refractivity contribution is 5.90. The van der Waals surface area contributed by atoms with Crippen LogP contribution < -0.4 is 4.74 Å². The molecule has 1 N–H and O–H groups in total. The molecule has 1 rings (SSSR count). The average molecular weight is 224 g/mol. The largest absolute Gasteiger partial charge is 0.490 e. The fraction of sp³-hybridized carbons (Fsp3) is 0.273. The summed E-state index contributed by atoms with van der Waals surface area (Å²) in [5.74, 6) is -0.805. The van der Waals surface area contributed by atoms with Crippen molar-refractivity contribution >= 4 is 12.3 Å². The first-order chi connectivity index (χ1) is 7.69. The molecule has 1 aromatic carbocycles. The molecule has 1 aromatic rings. The van der Waals surface area contributed by atoms with Crippen LogP contribution in [0.2, 0.25) is 0 Å². The monoisotopic (exact) mass is 224 g/mol. The van der Waals surface area contributed by atoms with Crippen molar-refractivity contribution in [2.45, 2.75) is 0 Å². The number of aldehydes is 1. The van der Waals surface area contributed by atoms with Crippen LogP contribution in [0.1, 0.15) is 20.7 Å². The third-order valence-electron chi connectivity index (χ3n) is 1.93. The number of carboxylic acids is 1. The average Bonchev–Trinajstić information content (AvgIpc) is 2.29. The molecule has 0 fully saturated rings. The maximum atomic E-state index is 10.7. The molecule has 0 aliphatic carbocycles. The number of methoxy groups -OCH3 is 1. The van der Waals surface area contributed by atoms with Crippen LogP contribution in [-0.4, -0.2) is 37.7 Å². The van der Waals surface area contributed by atoms with Gasteiger partial charge in [0.25, 0.3) is 0 Å². The van der Waals surface area contributed by atoms with Crippen molar-refractivity contribution in [3.63, 3.8) is 0 Å². The molecule has 0 bridgehead atoms. The molecule has 0 saturated carbocycles. The summed E-state index contributed by atoms with van der Waals surface area (Å²) in [7, 11) is 1.53. The van der Waals surface area contributed by atoms with Crippen LogP contribution in [0.3, 0.4) is 0 Å². The van der Waals surface area contributed by atoms with Gasteiger partial charge < -0.3 is 14.6 Å². The second-order valence-electron chi connectivity index (χ2n) is 3.02. The summed E-state index contributed by atoms with van der Waals surface area (Å²) in [6.45, 7) is 0.635. The third-order valence-corrected chi connectivity index (χ3v) is 1.93. The molecule has 0 spiro atoms. The van der Waals surface area contributed by atoms with Crippen molar-refractivity contribution in [1.29, 1.82) is 0 Å². The molecule has 0 radical (unpaired) electrons. The van der Waals surface area contributed by atoms with Crippen molar-refractivity contribution in [3.05, 3.63) is 29.3 Å². The summed E-state index contributed by atoms with van der Waals surface area (Å²) in [5.41, 5.74) is 0.402. The number of carboxylic acid groups (broad SMARTS) is 1. The Morgan fingerprint density at radius 2 is 2.19 bits per heavy atom. The minimum Gasteiger partial charge on any atom is -0.490 e. The van der Waals surface area contributed by atoms with Gasteiger partial charge in [-0.1, -0.05) is 0 Å². The van der Waals surface area contributed by atoms with Gasteiger partial charge in [0.05, 0.1) is 17.7 Å². The van der Waals surface area contributed by atoms with Gasteiger partial charge in [0, 0.05) is 7.11 Å². The van der Waals surface area contributed by atoms with Gasteiger partial charge in [-0.05, 0) is 18.2 Å². The summed E-state index contributed by atoms with van der Waals surface area (Å²) < 4.78 is 10.0. The summed E-state index contributed by atoms with van der Waals surface area (Å²) in [6, 6.07) is 4.09. The van der Waals surface area contributed by atoms with Gasteiger partial charge >= 0.3 is 5.97 Å². The van der Waals surface area contributed by atoms with E-state index in [1.807, 2.05) is 0 Å². The maximum Gasteiger partial charge on any atom is 0.335 e. The molecule has 0 aliphatic heterocycles. The summed E-state index contributed by atoms with van der Waals surface area (Å²) >= 11 is 0. The highest BCUT2D eigenvalue weighted by Gasteiger charge is 2.08. The smallest absolute Gasteiger partial charge is 0.335 e. The van der Waals surface area contributed by atoms with Gasteiger partial charge in [-0.2, -0.15) is 0 Å². The molecule has 0 saturated heterocycles. The van der Waals surface area contributed by atoms with Crippen molar-refractivity contribution in [2.24, 2.45) is 0 Å². The molecule has 0 unspecified atom stereocenters. The number of rotatable bonds is 6. The lowest BCUT2D eigenvalue weighted by molar-refractivity contribution is 0.0695. The van der Waals surface area contributed by atoms with Crippen LogP contribution in [0.15, 0.2) is 18.2 Å². The second-order valence-corrected chi connectivity index (χ2v) is 3.02. The van der Waals surface area contributed by atoms with E-state index in [2.05, 4.69) is 0 Å². The zero-order chi connectivity index (χ0) is 12.0. The second kappa shape index (κ2) is 5.87. The van der Waals surface area contributed by atoms with Crippen LogP contribution in [0.4, 0.5) is 0 Å². The topological polar surface area (TPSA) is 72.8 Å². The molecule has 5 heteroatoms.